The zero-order valence-electron chi connectivity index (χ0n) is 9.98. The molecule has 0 radical (unpaired) electrons. The zero-order valence-corrected chi connectivity index (χ0v) is 9.98. The fourth-order valence-electron chi connectivity index (χ4n) is 1.63. The van der Waals surface area contributed by atoms with Crippen molar-refractivity contribution in [2.75, 3.05) is 7.05 Å². The zero-order chi connectivity index (χ0) is 14.0. The third kappa shape index (κ3) is 2.25. The van der Waals surface area contributed by atoms with Gasteiger partial charge in [0.2, 0.25) is 5.78 Å². The Labute approximate surface area is 107 Å². The molecule has 0 aliphatic rings. The number of aromatic nitrogens is 2. The number of pyridine rings is 1. The molecular weight excluding hydrogens is 250 g/mol. The lowest BCUT2D eigenvalue weighted by atomic mass is 10.1. The van der Waals surface area contributed by atoms with Crippen LogP contribution >= 0.6 is 0 Å². The van der Waals surface area contributed by atoms with Crippen molar-refractivity contribution < 1.29 is 14.7 Å². The van der Waals surface area contributed by atoms with Gasteiger partial charge in [-0.1, -0.05) is 0 Å². The normalized spacial score (nSPS) is 10.2. The first-order valence-corrected chi connectivity index (χ1v) is 5.41. The molecule has 0 atom stereocenters. The molecule has 2 aromatic rings. The Kier molecular flexibility index (Phi) is 3.19. The fraction of sp³-hybridized carbons (Fsp3) is 0.0833. The number of aromatic amines is 2. The number of hydrogen-bond acceptors (Lipinski definition) is 4. The third-order valence-corrected chi connectivity index (χ3v) is 2.55. The van der Waals surface area contributed by atoms with Crippen LogP contribution in [-0.4, -0.2) is 33.8 Å². The Morgan fingerprint density at radius 2 is 2.05 bits per heavy atom. The summed E-state index contributed by atoms with van der Waals surface area (Å²) in [5.41, 5.74) is -1.17. The van der Waals surface area contributed by atoms with E-state index >= 15 is 0 Å². The Bertz CT molecular complexity index is 685. The molecule has 0 unspecified atom stereocenters. The van der Waals surface area contributed by atoms with Gasteiger partial charge in [0.1, 0.15) is 17.0 Å². The van der Waals surface area contributed by atoms with Gasteiger partial charge in [-0.15, -0.1) is 0 Å². The van der Waals surface area contributed by atoms with E-state index < -0.39 is 28.6 Å². The Balaban J connectivity index is 2.52. The molecule has 0 fully saturated rings. The molecule has 7 heteroatoms. The second-order valence-corrected chi connectivity index (χ2v) is 3.76. The molecule has 0 spiro atoms. The minimum Gasteiger partial charge on any atom is -0.507 e. The van der Waals surface area contributed by atoms with E-state index in [-0.39, 0.29) is 11.4 Å². The van der Waals surface area contributed by atoms with Crippen LogP contribution in [0.15, 0.2) is 29.2 Å². The highest BCUT2D eigenvalue weighted by Crippen LogP contribution is 2.16. The lowest BCUT2D eigenvalue weighted by molar-refractivity contribution is 0.0954. The standard InChI is InChI=1S/C12H11N3O4/c1-13-11(18)7-5-8(16)9(12(19)15-7)10(17)6-3-2-4-14-6/h2-5,14H,1H3,(H,13,18)(H2,15,16,19). The quantitative estimate of drug-likeness (QED) is 0.582. The highest BCUT2D eigenvalue weighted by Gasteiger charge is 2.20. The number of nitrogens with one attached hydrogen (secondary N) is 3. The summed E-state index contributed by atoms with van der Waals surface area (Å²) in [6.07, 6.45) is 1.53. The number of amides is 1. The lowest BCUT2D eigenvalue weighted by Crippen LogP contribution is -2.26. The van der Waals surface area contributed by atoms with Crippen molar-refractivity contribution >= 4 is 11.7 Å². The molecule has 0 saturated carbocycles. The minimum absolute atomic E-state index is 0.118. The van der Waals surface area contributed by atoms with Gasteiger partial charge in [0.05, 0.1) is 5.69 Å². The first-order chi connectivity index (χ1) is 9.04. The minimum atomic E-state index is -0.821. The van der Waals surface area contributed by atoms with E-state index in [1.165, 1.54) is 19.3 Å². The van der Waals surface area contributed by atoms with Gasteiger partial charge in [-0.25, -0.2) is 0 Å². The van der Waals surface area contributed by atoms with Crippen LogP contribution in [0.3, 0.4) is 0 Å². The molecule has 4 N–H and O–H groups in total. The molecule has 98 valence electrons. The van der Waals surface area contributed by atoms with E-state index in [4.69, 9.17) is 0 Å². The highest BCUT2D eigenvalue weighted by atomic mass is 16.3. The van der Waals surface area contributed by atoms with Crippen molar-refractivity contribution in [2.45, 2.75) is 0 Å². The maximum atomic E-state index is 12.0. The van der Waals surface area contributed by atoms with Crippen LogP contribution in [0.2, 0.25) is 0 Å². The van der Waals surface area contributed by atoms with Crippen LogP contribution in [0, 0.1) is 0 Å². The van der Waals surface area contributed by atoms with Crippen molar-refractivity contribution in [1.82, 2.24) is 15.3 Å². The van der Waals surface area contributed by atoms with Crippen LogP contribution in [-0.2, 0) is 0 Å². The van der Waals surface area contributed by atoms with Crippen molar-refractivity contribution in [2.24, 2.45) is 0 Å². The summed E-state index contributed by atoms with van der Waals surface area (Å²) in [6, 6.07) is 4.11. The molecule has 0 aliphatic carbocycles. The van der Waals surface area contributed by atoms with E-state index in [1.807, 2.05) is 0 Å². The van der Waals surface area contributed by atoms with Crippen LogP contribution in [0.4, 0.5) is 0 Å². The molecule has 19 heavy (non-hydrogen) atoms. The second kappa shape index (κ2) is 4.81. The Morgan fingerprint density at radius 1 is 1.32 bits per heavy atom. The predicted octanol–water partition coefficient (Wildman–Crippen LogP) is -0.000800. The molecule has 2 heterocycles. The Hall–Kier alpha value is -2.83. The van der Waals surface area contributed by atoms with Gasteiger partial charge >= 0.3 is 0 Å². The summed E-state index contributed by atoms with van der Waals surface area (Å²) < 4.78 is 0. The maximum absolute atomic E-state index is 12.0. The fourth-order valence-corrected chi connectivity index (χ4v) is 1.63. The largest absolute Gasteiger partial charge is 0.507 e. The van der Waals surface area contributed by atoms with Gasteiger partial charge in [-0.2, -0.15) is 0 Å². The molecule has 0 aliphatic heterocycles. The third-order valence-electron chi connectivity index (χ3n) is 2.55. The highest BCUT2D eigenvalue weighted by molar-refractivity contribution is 6.09. The maximum Gasteiger partial charge on any atom is 0.267 e. The van der Waals surface area contributed by atoms with Gasteiger partial charge in [0, 0.05) is 19.3 Å². The summed E-state index contributed by atoms with van der Waals surface area (Å²) >= 11 is 0. The molecule has 0 bridgehead atoms. The van der Waals surface area contributed by atoms with Gasteiger partial charge < -0.3 is 20.4 Å². The van der Waals surface area contributed by atoms with Gasteiger partial charge in [-0.05, 0) is 12.1 Å². The van der Waals surface area contributed by atoms with Crippen molar-refractivity contribution in [3.8, 4) is 5.75 Å². The molecular formula is C12H11N3O4. The topological polar surface area (TPSA) is 115 Å². The summed E-state index contributed by atoms with van der Waals surface area (Å²) in [4.78, 5) is 40.0. The average molecular weight is 261 g/mol. The molecule has 2 rings (SSSR count). The van der Waals surface area contributed by atoms with Crippen LogP contribution < -0.4 is 10.9 Å². The summed E-state index contributed by atoms with van der Waals surface area (Å²) in [6.45, 7) is 0. The van der Waals surface area contributed by atoms with Crippen molar-refractivity contribution in [3.63, 3.8) is 0 Å². The van der Waals surface area contributed by atoms with Gasteiger partial charge in [0.25, 0.3) is 11.5 Å². The molecule has 0 aromatic carbocycles. The smallest absolute Gasteiger partial charge is 0.267 e. The van der Waals surface area contributed by atoms with Crippen molar-refractivity contribution in [1.29, 1.82) is 0 Å². The average Bonchev–Trinajstić information content (AvgIpc) is 2.90. The molecule has 0 saturated heterocycles. The monoisotopic (exact) mass is 261 g/mol. The van der Waals surface area contributed by atoms with Crippen LogP contribution in [0.25, 0.3) is 0 Å². The number of carbonyl (C=O) groups is 2. The SMILES string of the molecule is CNC(=O)c1cc(O)c(C(=O)c2ccc[nH]2)c(=O)[nH]1. The van der Waals surface area contributed by atoms with E-state index in [0.29, 0.717) is 0 Å². The molecule has 2 aromatic heterocycles. The van der Waals surface area contributed by atoms with E-state index in [9.17, 15) is 19.5 Å². The second-order valence-electron chi connectivity index (χ2n) is 3.76. The lowest BCUT2D eigenvalue weighted by Gasteiger charge is -2.04. The molecule has 1 amide bonds. The Morgan fingerprint density at radius 3 is 2.58 bits per heavy atom. The number of carbonyl (C=O) groups excluding carboxylic acids is 2. The number of ketones is 1. The van der Waals surface area contributed by atoms with Crippen LogP contribution in [0.5, 0.6) is 5.75 Å². The summed E-state index contributed by atoms with van der Waals surface area (Å²) in [7, 11) is 1.38. The van der Waals surface area contributed by atoms with E-state index in [2.05, 4.69) is 15.3 Å². The van der Waals surface area contributed by atoms with E-state index in [0.717, 1.165) is 6.07 Å². The van der Waals surface area contributed by atoms with Crippen molar-refractivity contribution in [3.05, 3.63) is 51.7 Å². The van der Waals surface area contributed by atoms with Gasteiger partial charge in [-0.3, -0.25) is 14.4 Å². The van der Waals surface area contributed by atoms with Crippen LogP contribution in [0.1, 0.15) is 26.5 Å². The summed E-state index contributed by atoms with van der Waals surface area (Å²) in [5, 5.41) is 12.1. The van der Waals surface area contributed by atoms with Gasteiger partial charge in [0.15, 0.2) is 0 Å². The predicted molar refractivity (Wildman–Crippen MR) is 66.3 cm³/mol. The number of rotatable bonds is 3. The number of H-pyrrole nitrogens is 2. The first-order valence-electron chi connectivity index (χ1n) is 5.41. The molecule has 7 nitrogen and oxygen atoms in total. The summed E-state index contributed by atoms with van der Waals surface area (Å²) in [5.74, 6) is -1.75. The van der Waals surface area contributed by atoms with E-state index in [1.54, 1.807) is 6.07 Å². The number of aromatic hydroxyl groups is 1. The number of hydrogen-bond donors (Lipinski definition) is 4. The first kappa shape index (κ1) is 12.6.